The molecule has 0 aliphatic carbocycles. The highest BCUT2D eigenvalue weighted by atomic mass is 32.1. The molecule has 4 atom stereocenters. The predicted octanol–water partition coefficient (Wildman–Crippen LogP) is 2.72. The van der Waals surface area contributed by atoms with Gasteiger partial charge >= 0.3 is 6.01 Å². The Morgan fingerprint density at radius 1 is 1.23 bits per heavy atom. The van der Waals surface area contributed by atoms with Crippen LogP contribution in [0.25, 0.3) is 22.0 Å². The molecule has 4 heterocycles. The number of nitrogens with zero attached hydrogens (tertiary/aromatic N) is 6. The number of rotatable bonds is 5. The lowest BCUT2D eigenvalue weighted by molar-refractivity contribution is -0.0114. The SMILES string of the molecule is COc1ncnc(-c2ccc(-c3nnc(O[C@H]4C[C@@H]5CC[C@H]([C@H]4F)N5C)s3)c(O)c2)n1. The third kappa shape index (κ3) is 3.68. The van der Waals surface area contributed by atoms with Crippen molar-refractivity contribution < 1.29 is 19.0 Å². The van der Waals surface area contributed by atoms with Crippen LogP contribution in [0.3, 0.4) is 0 Å². The predicted molar refractivity (Wildman–Crippen MR) is 111 cm³/mol. The van der Waals surface area contributed by atoms with E-state index in [2.05, 4.69) is 30.0 Å². The van der Waals surface area contributed by atoms with Crippen molar-refractivity contribution >= 4 is 11.3 Å². The highest BCUT2D eigenvalue weighted by Crippen LogP contribution is 2.40. The fraction of sp³-hybridized carbons (Fsp3) is 0.450. The Labute approximate surface area is 181 Å². The van der Waals surface area contributed by atoms with Gasteiger partial charge in [-0.15, -0.1) is 5.10 Å². The van der Waals surface area contributed by atoms with Gasteiger partial charge in [-0.1, -0.05) is 22.5 Å². The Morgan fingerprint density at radius 2 is 2.10 bits per heavy atom. The van der Waals surface area contributed by atoms with Crippen LogP contribution in [0.15, 0.2) is 24.5 Å². The van der Waals surface area contributed by atoms with E-state index in [9.17, 15) is 9.50 Å². The summed E-state index contributed by atoms with van der Waals surface area (Å²) in [6.45, 7) is 0. The Bertz CT molecular complexity index is 1100. The largest absolute Gasteiger partial charge is 0.507 e. The summed E-state index contributed by atoms with van der Waals surface area (Å²) in [6, 6.07) is 5.45. The summed E-state index contributed by atoms with van der Waals surface area (Å²) in [7, 11) is 3.45. The maximum atomic E-state index is 14.9. The molecule has 0 radical (unpaired) electrons. The maximum Gasteiger partial charge on any atom is 0.319 e. The molecule has 0 unspecified atom stereocenters. The van der Waals surface area contributed by atoms with E-state index in [1.165, 1.54) is 30.8 Å². The van der Waals surface area contributed by atoms with Crippen LogP contribution in [0.2, 0.25) is 0 Å². The molecule has 2 bridgehead atoms. The molecule has 11 heteroatoms. The van der Waals surface area contributed by atoms with Crippen molar-refractivity contribution in [2.45, 2.75) is 43.6 Å². The molecule has 0 spiro atoms. The first-order valence-corrected chi connectivity index (χ1v) is 10.8. The van der Waals surface area contributed by atoms with Crippen molar-refractivity contribution in [2.75, 3.05) is 14.2 Å². The fourth-order valence-electron chi connectivity index (χ4n) is 4.33. The summed E-state index contributed by atoms with van der Waals surface area (Å²) in [4.78, 5) is 14.3. The standard InChI is InChI=1S/C20H21FN6O3S/c1-27-11-4-6-13(27)16(21)15(8-11)30-20-26-25-18(31-20)12-5-3-10(7-14(12)28)17-22-9-23-19(24-17)29-2/h3,5,7,9,11,13,15-16,28H,4,6,8H2,1-2H3/t11-,13+,15-,16+/m0/s1. The zero-order valence-electron chi connectivity index (χ0n) is 17.0. The number of alkyl halides is 1. The monoisotopic (exact) mass is 444 g/mol. The van der Waals surface area contributed by atoms with E-state index in [1.54, 1.807) is 12.1 Å². The van der Waals surface area contributed by atoms with Crippen molar-refractivity contribution in [3.8, 4) is 38.9 Å². The summed E-state index contributed by atoms with van der Waals surface area (Å²) < 4.78 is 25.7. The van der Waals surface area contributed by atoms with Crippen molar-refractivity contribution in [1.82, 2.24) is 30.0 Å². The van der Waals surface area contributed by atoms with Gasteiger partial charge in [0.15, 0.2) is 17.0 Å². The normalized spacial score (nSPS) is 25.5. The molecule has 2 fully saturated rings. The van der Waals surface area contributed by atoms with Crippen molar-refractivity contribution in [3.63, 3.8) is 0 Å². The van der Waals surface area contributed by atoms with Gasteiger partial charge in [0.25, 0.3) is 5.19 Å². The number of benzene rings is 1. The van der Waals surface area contributed by atoms with Crippen LogP contribution in [0.5, 0.6) is 17.0 Å². The first kappa shape index (κ1) is 20.0. The molecule has 0 saturated carbocycles. The van der Waals surface area contributed by atoms with Crippen LogP contribution >= 0.6 is 11.3 Å². The van der Waals surface area contributed by atoms with Gasteiger partial charge in [-0.3, -0.25) is 4.90 Å². The van der Waals surface area contributed by atoms with E-state index in [0.717, 1.165) is 12.8 Å². The van der Waals surface area contributed by atoms with Crippen LogP contribution in [0.1, 0.15) is 19.3 Å². The second kappa shape index (κ2) is 7.97. The summed E-state index contributed by atoms with van der Waals surface area (Å²) in [5.74, 6) is 0.376. The van der Waals surface area contributed by atoms with Gasteiger partial charge in [-0.05, 0) is 32.0 Å². The number of aromatic hydroxyl groups is 1. The number of piperidine rings is 1. The number of fused-ring (bicyclic) bond motifs is 2. The third-order valence-electron chi connectivity index (χ3n) is 6.00. The fourth-order valence-corrected chi connectivity index (χ4v) is 5.12. The first-order chi connectivity index (χ1) is 15.0. The highest BCUT2D eigenvalue weighted by Gasteiger charge is 2.47. The number of phenolic OH excluding ortho intramolecular Hbond substituents is 1. The van der Waals surface area contributed by atoms with E-state index in [-0.39, 0.29) is 17.8 Å². The molecule has 9 nitrogen and oxygen atoms in total. The van der Waals surface area contributed by atoms with Gasteiger partial charge in [0.1, 0.15) is 18.2 Å². The second-order valence-corrected chi connectivity index (χ2v) is 8.64. The van der Waals surface area contributed by atoms with Gasteiger partial charge in [-0.25, -0.2) is 9.37 Å². The molecule has 1 aromatic carbocycles. The minimum absolute atomic E-state index is 0.000262. The second-order valence-electron chi connectivity index (χ2n) is 7.70. The van der Waals surface area contributed by atoms with Gasteiger partial charge in [0.2, 0.25) is 0 Å². The van der Waals surface area contributed by atoms with Crippen LogP contribution in [0.4, 0.5) is 4.39 Å². The van der Waals surface area contributed by atoms with Crippen molar-refractivity contribution in [2.24, 2.45) is 0 Å². The average molecular weight is 444 g/mol. The first-order valence-electron chi connectivity index (χ1n) is 9.96. The molecule has 2 aliphatic rings. The van der Waals surface area contributed by atoms with E-state index in [0.29, 0.717) is 39.6 Å². The van der Waals surface area contributed by atoms with Crippen LogP contribution in [-0.2, 0) is 0 Å². The van der Waals surface area contributed by atoms with Crippen molar-refractivity contribution in [1.29, 1.82) is 0 Å². The molecule has 3 aromatic rings. The van der Waals surface area contributed by atoms with Crippen LogP contribution in [-0.4, -0.2) is 73.7 Å². The average Bonchev–Trinajstić information content (AvgIpc) is 3.34. The molecule has 0 amide bonds. The summed E-state index contributed by atoms with van der Waals surface area (Å²) in [5.41, 5.74) is 1.10. The summed E-state index contributed by atoms with van der Waals surface area (Å²) in [5, 5.41) is 19.5. The van der Waals surface area contributed by atoms with Gasteiger partial charge < -0.3 is 14.6 Å². The minimum atomic E-state index is -1.05. The number of aromatic nitrogens is 5. The number of methoxy groups -OCH3 is 1. The van der Waals surface area contributed by atoms with E-state index in [4.69, 9.17) is 9.47 Å². The molecule has 2 aromatic heterocycles. The minimum Gasteiger partial charge on any atom is -0.507 e. The lowest BCUT2D eigenvalue weighted by atomic mass is 9.98. The zero-order valence-corrected chi connectivity index (χ0v) is 17.8. The number of halogens is 1. The van der Waals surface area contributed by atoms with Gasteiger partial charge in [0.05, 0.1) is 12.7 Å². The van der Waals surface area contributed by atoms with Crippen molar-refractivity contribution in [3.05, 3.63) is 24.5 Å². The quantitative estimate of drug-likeness (QED) is 0.636. The number of ether oxygens (including phenoxy) is 2. The lowest BCUT2D eigenvalue weighted by Gasteiger charge is -2.38. The van der Waals surface area contributed by atoms with Gasteiger partial charge in [-0.2, -0.15) is 9.97 Å². The Kier molecular flexibility index (Phi) is 5.14. The molecule has 1 N–H and O–H groups in total. The van der Waals surface area contributed by atoms with E-state index >= 15 is 0 Å². The molecule has 2 aliphatic heterocycles. The Morgan fingerprint density at radius 3 is 2.90 bits per heavy atom. The Balaban J connectivity index is 1.34. The molecular weight excluding hydrogens is 423 g/mol. The molecule has 5 rings (SSSR count). The van der Waals surface area contributed by atoms with E-state index < -0.39 is 12.3 Å². The summed E-state index contributed by atoms with van der Waals surface area (Å²) >= 11 is 1.18. The topological polar surface area (TPSA) is 106 Å². The lowest BCUT2D eigenvalue weighted by Crippen LogP contribution is -2.52. The maximum absolute atomic E-state index is 14.9. The van der Waals surface area contributed by atoms with Crippen LogP contribution in [0, 0.1) is 0 Å². The molecule has 2 saturated heterocycles. The summed E-state index contributed by atoms with van der Waals surface area (Å²) in [6.07, 6.45) is 2.25. The van der Waals surface area contributed by atoms with E-state index in [1.807, 2.05) is 7.05 Å². The molecular formula is C20H21FN6O3S. The number of hydrogen-bond acceptors (Lipinski definition) is 10. The molecule has 31 heavy (non-hydrogen) atoms. The van der Waals surface area contributed by atoms with Gasteiger partial charge in [0, 0.05) is 24.1 Å². The number of hydrogen-bond donors (Lipinski definition) is 1. The smallest absolute Gasteiger partial charge is 0.319 e. The number of phenols is 1. The zero-order chi connectivity index (χ0) is 21.5. The highest BCUT2D eigenvalue weighted by molar-refractivity contribution is 7.16. The van der Waals surface area contributed by atoms with Crippen LogP contribution < -0.4 is 9.47 Å². The Hall–Kier alpha value is -2.92. The molecule has 162 valence electrons. The third-order valence-corrected chi connectivity index (χ3v) is 6.85.